The van der Waals surface area contributed by atoms with Gasteiger partial charge in [-0.15, -0.1) is 11.8 Å². The van der Waals surface area contributed by atoms with Crippen molar-refractivity contribution in [3.63, 3.8) is 0 Å². The highest BCUT2D eigenvalue weighted by Crippen LogP contribution is 2.28. The monoisotopic (exact) mass is 400 g/mol. The quantitative estimate of drug-likeness (QED) is 0.545. The van der Waals surface area contributed by atoms with Crippen LogP contribution in [0.2, 0.25) is 0 Å². The zero-order chi connectivity index (χ0) is 19.9. The second-order valence-electron chi connectivity index (χ2n) is 6.40. The molecular formula is C21H24N2O4S. The Bertz CT molecular complexity index is 843. The molecule has 2 amide bonds. The van der Waals surface area contributed by atoms with Crippen LogP contribution in [0.1, 0.15) is 6.42 Å². The van der Waals surface area contributed by atoms with Crippen molar-refractivity contribution in [3.8, 4) is 11.5 Å². The highest BCUT2D eigenvalue weighted by Gasteiger charge is 2.35. The van der Waals surface area contributed by atoms with Crippen molar-refractivity contribution in [1.82, 2.24) is 5.32 Å². The van der Waals surface area contributed by atoms with Gasteiger partial charge in [0.1, 0.15) is 6.61 Å². The molecular weight excluding hydrogens is 376 g/mol. The third-order valence-electron chi connectivity index (χ3n) is 4.59. The maximum atomic E-state index is 12.5. The van der Waals surface area contributed by atoms with E-state index >= 15 is 0 Å². The molecule has 7 heteroatoms. The highest BCUT2D eigenvalue weighted by atomic mass is 32.2. The normalized spacial score (nSPS) is 16.1. The van der Waals surface area contributed by atoms with Crippen molar-refractivity contribution in [2.45, 2.75) is 11.3 Å². The molecule has 0 bridgehead atoms. The van der Waals surface area contributed by atoms with E-state index < -0.39 is 0 Å². The first-order valence-corrected chi connectivity index (χ1v) is 10.3. The summed E-state index contributed by atoms with van der Waals surface area (Å²) in [6, 6.07) is 15.2. The summed E-state index contributed by atoms with van der Waals surface area (Å²) >= 11 is 1.62. The van der Waals surface area contributed by atoms with Gasteiger partial charge in [0.15, 0.2) is 11.5 Å². The van der Waals surface area contributed by atoms with Gasteiger partial charge in [0, 0.05) is 23.5 Å². The molecule has 0 radical (unpaired) electrons. The number of benzene rings is 2. The van der Waals surface area contributed by atoms with Gasteiger partial charge in [-0.25, -0.2) is 0 Å². The van der Waals surface area contributed by atoms with Crippen LogP contribution in [0.3, 0.4) is 0 Å². The maximum Gasteiger partial charge on any atom is 0.227 e. The third-order valence-corrected chi connectivity index (χ3v) is 5.31. The Morgan fingerprint density at radius 2 is 2.00 bits per heavy atom. The number of nitrogens with one attached hydrogen (secondary N) is 1. The SMILES string of the molecule is COc1ccccc1OCCNC(=O)[C@H]1CC(=O)N(c2cccc(SC)c2)C1. The van der Waals surface area contributed by atoms with E-state index in [1.165, 1.54) is 0 Å². The zero-order valence-electron chi connectivity index (χ0n) is 16.0. The lowest BCUT2D eigenvalue weighted by atomic mass is 10.1. The van der Waals surface area contributed by atoms with Gasteiger partial charge in [-0.05, 0) is 36.6 Å². The average Bonchev–Trinajstić information content (AvgIpc) is 3.13. The van der Waals surface area contributed by atoms with Crippen LogP contribution in [0.4, 0.5) is 5.69 Å². The maximum absolute atomic E-state index is 12.5. The van der Waals surface area contributed by atoms with Gasteiger partial charge < -0.3 is 19.7 Å². The van der Waals surface area contributed by atoms with Crippen LogP contribution >= 0.6 is 11.8 Å². The predicted molar refractivity (Wildman–Crippen MR) is 110 cm³/mol. The number of anilines is 1. The second kappa shape index (κ2) is 9.50. The van der Waals surface area contributed by atoms with Gasteiger partial charge >= 0.3 is 0 Å². The van der Waals surface area contributed by atoms with Gasteiger partial charge in [-0.3, -0.25) is 9.59 Å². The Hall–Kier alpha value is -2.67. The van der Waals surface area contributed by atoms with Gasteiger partial charge in [0.05, 0.1) is 19.6 Å². The number of carbonyl (C=O) groups is 2. The molecule has 3 rings (SSSR count). The number of carbonyl (C=O) groups excluding carboxylic acids is 2. The number of nitrogens with zero attached hydrogens (tertiary/aromatic N) is 1. The van der Waals surface area contributed by atoms with Crippen LogP contribution < -0.4 is 19.7 Å². The number of para-hydroxylation sites is 2. The van der Waals surface area contributed by atoms with E-state index in [1.807, 2.05) is 54.8 Å². The molecule has 0 aromatic heterocycles. The molecule has 0 spiro atoms. The smallest absolute Gasteiger partial charge is 0.227 e. The minimum Gasteiger partial charge on any atom is -0.493 e. The molecule has 0 aliphatic carbocycles. The Morgan fingerprint density at radius 1 is 1.21 bits per heavy atom. The summed E-state index contributed by atoms with van der Waals surface area (Å²) in [6.07, 6.45) is 2.22. The molecule has 28 heavy (non-hydrogen) atoms. The molecule has 1 aliphatic heterocycles. The number of thioether (sulfide) groups is 1. The first-order chi connectivity index (χ1) is 13.6. The van der Waals surface area contributed by atoms with Gasteiger partial charge in [-0.1, -0.05) is 18.2 Å². The van der Waals surface area contributed by atoms with Crippen LogP contribution in [-0.4, -0.2) is 44.9 Å². The molecule has 0 unspecified atom stereocenters. The lowest BCUT2D eigenvalue weighted by Gasteiger charge is -2.17. The fraction of sp³-hybridized carbons (Fsp3) is 0.333. The Labute approximate surface area is 169 Å². The number of methoxy groups -OCH3 is 1. The van der Waals surface area contributed by atoms with Crippen molar-refractivity contribution >= 4 is 29.3 Å². The molecule has 6 nitrogen and oxygen atoms in total. The van der Waals surface area contributed by atoms with Crippen LogP contribution in [0.25, 0.3) is 0 Å². The minimum absolute atomic E-state index is 0.0244. The molecule has 1 fully saturated rings. The van der Waals surface area contributed by atoms with Gasteiger partial charge in [0.2, 0.25) is 11.8 Å². The molecule has 1 saturated heterocycles. The molecule has 0 saturated carbocycles. The summed E-state index contributed by atoms with van der Waals surface area (Å²) in [5, 5.41) is 2.86. The highest BCUT2D eigenvalue weighted by molar-refractivity contribution is 7.98. The summed E-state index contributed by atoms with van der Waals surface area (Å²) in [6.45, 7) is 1.09. The van der Waals surface area contributed by atoms with Crippen molar-refractivity contribution < 1.29 is 19.1 Å². The van der Waals surface area contributed by atoms with E-state index in [9.17, 15) is 9.59 Å². The van der Waals surface area contributed by atoms with Crippen LogP contribution in [0.5, 0.6) is 11.5 Å². The average molecular weight is 401 g/mol. The lowest BCUT2D eigenvalue weighted by molar-refractivity contribution is -0.126. The number of rotatable bonds is 8. The van der Waals surface area contributed by atoms with Crippen molar-refractivity contribution in [3.05, 3.63) is 48.5 Å². The first-order valence-electron chi connectivity index (χ1n) is 9.10. The van der Waals surface area contributed by atoms with E-state index in [0.717, 1.165) is 10.6 Å². The Kier molecular flexibility index (Phi) is 6.81. The van der Waals surface area contributed by atoms with E-state index in [1.54, 1.807) is 23.8 Å². The van der Waals surface area contributed by atoms with E-state index in [-0.39, 0.29) is 24.2 Å². The fourth-order valence-electron chi connectivity index (χ4n) is 3.13. The Balaban J connectivity index is 1.49. The van der Waals surface area contributed by atoms with E-state index in [4.69, 9.17) is 9.47 Å². The molecule has 1 atom stereocenters. The largest absolute Gasteiger partial charge is 0.493 e. The Morgan fingerprint density at radius 3 is 2.75 bits per heavy atom. The van der Waals surface area contributed by atoms with Gasteiger partial charge in [-0.2, -0.15) is 0 Å². The van der Waals surface area contributed by atoms with Crippen molar-refractivity contribution in [2.75, 3.05) is 38.0 Å². The van der Waals surface area contributed by atoms with Crippen LogP contribution in [0.15, 0.2) is 53.4 Å². The lowest BCUT2D eigenvalue weighted by Crippen LogP contribution is -2.35. The minimum atomic E-state index is -0.350. The van der Waals surface area contributed by atoms with E-state index in [0.29, 0.717) is 31.2 Å². The summed E-state index contributed by atoms with van der Waals surface area (Å²) in [7, 11) is 1.59. The van der Waals surface area contributed by atoms with Crippen LogP contribution in [-0.2, 0) is 9.59 Å². The molecule has 1 heterocycles. The molecule has 148 valence electrons. The molecule has 2 aromatic carbocycles. The summed E-state index contributed by atoms with van der Waals surface area (Å²) in [5.41, 5.74) is 0.839. The summed E-state index contributed by atoms with van der Waals surface area (Å²) in [5.74, 6) is 0.786. The predicted octanol–water partition coefficient (Wildman–Crippen LogP) is 2.97. The third kappa shape index (κ3) is 4.78. The van der Waals surface area contributed by atoms with Gasteiger partial charge in [0.25, 0.3) is 0 Å². The van der Waals surface area contributed by atoms with Crippen molar-refractivity contribution in [2.24, 2.45) is 5.92 Å². The standard InChI is InChI=1S/C21H24N2O4S/c1-26-18-8-3-4-9-19(18)27-11-10-22-21(25)15-12-20(24)23(14-15)16-6-5-7-17(13-16)28-2/h3-9,13,15H,10-12,14H2,1-2H3,(H,22,25)/t15-/m0/s1. The summed E-state index contributed by atoms with van der Waals surface area (Å²) < 4.78 is 10.9. The first kappa shape index (κ1) is 20.1. The molecule has 1 N–H and O–H groups in total. The second-order valence-corrected chi connectivity index (χ2v) is 7.28. The van der Waals surface area contributed by atoms with Crippen LogP contribution in [0, 0.1) is 5.92 Å². The number of hydrogen-bond acceptors (Lipinski definition) is 5. The number of hydrogen-bond donors (Lipinski definition) is 1. The zero-order valence-corrected chi connectivity index (χ0v) is 16.8. The topological polar surface area (TPSA) is 67.9 Å². The molecule has 2 aromatic rings. The fourth-order valence-corrected chi connectivity index (χ4v) is 3.58. The van der Waals surface area contributed by atoms with Crippen molar-refractivity contribution in [1.29, 1.82) is 0 Å². The number of ether oxygens (including phenoxy) is 2. The number of amides is 2. The molecule has 1 aliphatic rings. The summed E-state index contributed by atoms with van der Waals surface area (Å²) in [4.78, 5) is 27.6. The van der Waals surface area contributed by atoms with E-state index in [2.05, 4.69) is 5.32 Å².